The molecule has 2 aliphatic heterocycles. The van der Waals surface area contributed by atoms with Crippen molar-refractivity contribution in [1.29, 1.82) is 0 Å². The largest absolute Gasteiger partial charge is 0.487 e. The number of nitrogens with zero attached hydrogens (tertiary/aromatic N) is 4. The Morgan fingerprint density at radius 3 is 2.77 bits per heavy atom. The maximum Gasteiger partial charge on any atom is 0.123 e. The number of aromatic nitrogens is 3. The van der Waals surface area contributed by atoms with Crippen molar-refractivity contribution in [1.82, 2.24) is 19.9 Å². The Kier molecular flexibility index (Phi) is 4.78. The van der Waals surface area contributed by atoms with Gasteiger partial charge in [-0.15, -0.1) is 0 Å². The minimum atomic E-state index is -0.0970. The highest BCUT2D eigenvalue weighted by molar-refractivity contribution is 5.62. The molecule has 2 aromatic heterocycles. The van der Waals surface area contributed by atoms with Crippen LogP contribution < -0.4 is 4.74 Å². The molecule has 5 rings (SSSR count). The topological polar surface area (TPSA) is 51.1 Å². The van der Waals surface area contributed by atoms with E-state index in [1.165, 1.54) is 17.5 Å². The average Bonchev–Trinajstić information content (AvgIpc) is 3.30. The van der Waals surface area contributed by atoms with E-state index in [-0.39, 0.29) is 5.60 Å². The second kappa shape index (κ2) is 7.47. The zero-order valence-electron chi connectivity index (χ0n) is 17.9. The molecule has 5 heteroatoms. The third kappa shape index (κ3) is 3.82. The first-order chi connectivity index (χ1) is 14.5. The lowest BCUT2D eigenvalue weighted by molar-refractivity contribution is 0.138. The number of likely N-dealkylation sites (tertiary alicyclic amines) is 1. The van der Waals surface area contributed by atoms with Crippen LogP contribution in [0.4, 0.5) is 0 Å². The maximum atomic E-state index is 6.04. The molecule has 1 saturated heterocycles. The standard InChI is InChI=1S/C25H28N4O/c1-17-9-19(21-13-26-16-27-14-21)11-22(28-17)23-5-4-8-29(23)15-18-6-7-24-20(10-18)12-25(2,3)30-24/h6-7,9-11,13-14,16,23H,4-5,8,12,15H2,1-3H3/t23-/m1/s1. The molecule has 1 fully saturated rings. The summed E-state index contributed by atoms with van der Waals surface area (Å²) in [7, 11) is 0. The quantitative estimate of drug-likeness (QED) is 0.624. The molecule has 3 aromatic rings. The van der Waals surface area contributed by atoms with Crippen LogP contribution in [0.1, 0.15) is 55.2 Å². The Morgan fingerprint density at radius 2 is 1.93 bits per heavy atom. The molecule has 30 heavy (non-hydrogen) atoms. The zero-order chi connectivity index (χ0) is 20.7. The third-order valence-electron chi connectivity index (χ3n) is 6.09. The Hall–Kier alpha value is -2.79. The van der Waals surface area contributed by atoms with E-state index in [0.717, 1.165) is 54.2 Å². The van der Waals surface area contributed by atoms with Crippen molar-refractivity contribution in [2.75, 3.05) is 6.54 Å². The van der Waals surface area contributed by atoms with Gasteiger partial charge in [0.15, 0.2) is 0 Å². The second-order valence-electron chi connectivity index (χ2n) is 9.16. The number of benzene rings is 1. The van der Waals surface area contributed by atoms with Crippen LogP contribution in [0.2, 0.25) is 0 Å². The number of fused-ring (bicyclic) bond motifs is 1. The van der Waals surface area contributed by atoms with Crippen molar-refractivity contribution < 1.29 is 4.74 Å². The predicted molar refractivity (Wildman–Crippen MR) is 117 cm³/mol. The lowest BCUT2D eigenvalue weighted by Gasteiger charge is -2.25. The van der Waals surface area contributed by atoms with Gasteiger partial charge in [-0.25, -0.2) is 9.97 Å². The molecule has 0 bridgehead atoms. The predicted octanol–water partition coefficient (Wildman–Crippen LogP) is 4.90. The number of hydrogen-bond donors (Lipinski definition) is 0. The van der Waals surface area contributed by atoms with Crippen molar-refractivity contribution >= 4 is 0 Å². The zero-order valence-corrected chi connectivity index (χ0v) is 17.9. The molecule has 0 spiro atoms. The lowest BCUT2D eigenvalue weighted by Crippen LogP contribution is -2.24. The molecule has 0 saturated carbocycles. The van der Waals surface area contributed by atoms with Crippen LogP contribution in [0.3, 0.4) is 0 Å². The van der Waals surface area contributed by atoms with Gasteiger partial charge in [0.1, 0.15) is 17.7 Å². The third-order valence-corrected chi connectivity index (χ3v) is 6.09. The molecule has 0 radical (unpaired) electrons. The summed E-state index contributed by atoms with van der Waals surface area (Å²) < 4.78 is 6.04. The Bertz CT molecular complexity index is 1060. The molecular weight excluding hydrogens is 372 g/mol. The lowest BCUT2D eigenvalue weighted by atomic mass is 10.00. The minimum absolute atomic E-state index is 0.0970. The van der Waals surface area contributed by atoms with Gasteiger partial charge in [-0.1, -0.05) is 12.1 Å². The van der Waals surface area contributed by atoms with Crippen molar-refractivity contribution in [3.05, 3.63) is 71.6 Å². The summed E-state index contributed by atoms with van der Waals surface area (Å²) in [6.45, 7) is 8.42. The molecule has 1 aromatic carbocycles. The highest BCUT2D eigenvalue weighted by Gasteiger charge is 2.31. The van der Waals surface area contributed by atoms with Crippen molar-refractivity contribution in [3.63, 3.8) is 0 Å². The fourth-order valence-electron chi connectivity index (χ4n) is 4.83. The summed E-state index contributed by atoms with van der Waals surface area (Å²) in [5.41, 5.74) is 6.95. The number of pyridine rings is 1. The fraction of sp³-hybridized carbons (Fsp3) is 0.400. The van der Waals surface area contributed by atoms with Crippen LogP contribution in [-0.2, 0) is 13.0 Å². The molecule has 0 amide bonds. The molecule has 5 nitrogen and oxygen atoms in total. The number of hydrogen-bond acceptors (Lipinski definition) is 5. The van der Waals surface area contributed by atoms with Gasteiger partial charge in [0.25, 0.3) is 0 Å². The van der Waals surface area contributed by atoms with Crippen molar-refractivity contribution in [2.24, 2.45) is 0 Å². The van der Waals surface area contributed by atoms with E-state index in [1.807, 2.05) is 12.4 Å². The average molecular weight is 401 g/mol. The van der Waals surface area contributed by atoms with Gasteiger partial charge in [0.2, 0.25) is 0 Å². The fourth-order valence-corrected chi connectivity index (χ4v) is 4.83. The van der Waals surface area contributed by atoms with E-state index in [9.17, 15) is 0 Å². The first-order valence-electron chi connectivity index (χ1n) is 10.8. The Balaban J connectivity index is 1.39. The number of rotatable bonds is 4. The summed E-state index contributed by atoms with van der Waals surface area (Å²) in [4.78, 5) is 15.8. The summed E-state index contributed by atoms with van der Waals surface area (Å²) in [6, 6.07) is 11.4. The molecule has 0 aliphatic carbocycles. The smallest absolute Gasteiger partial charge is 0.123 e. The highest BCUT2D eigenvalue weighted by atomic mass is 16.5. The van der Waals surface area contributed by atoms with E-state index in [4.69, 9.17) is 9.72 Å². The van der Waals surface area contributed by atoms with E-state index < -0.39 is 0 Å². The van der Waals surface area contributed by atoms with Gasteiger partial charge < -0.3 is 4.74 Å². The van der Waals surface area contributed by atoms with Gasteiger partial charge >= 0.3 is 0 Å². The molecule has 0 N–H and O–H groups in total. The normalized spacial score (nSPS) is 20.2. The second-order valence-corrected chi connectivity index (χ2v) is 9.16. The number of ether oxygens (including phenoxy) is 1. The SMILES string of the molecule is Cc1cc(-c2cncnc2)cc([C@H]2CCCN2Cc2ccc3c(c2)CC(C)(C)O3)n1. The van der Waals surface area contributed by atoms with Crippen LogP contribution in [0, 0.1) is 6.92 Å². The van der Waals surface area contributed by atoms with Crippen LogP contribution >= 0.6 is 0 Å². The molecule has 4 heterocycles. The summed E-state index contributed by atoms with van der Waals surface area (Å²) >= 11 is 0. The van der Waals surface area contributed by atoms with Gasteiger partial charge in [-0.05, 0) is 75.0 Å². The molecule has 1 atom stereocenters. The summed E-state index contributed by atoms with van der Waals surface area (Å²) in [5.74, 6) is 1.04. The molecular formula is C25H28N4O. The van der Waals surface area contributed by atoms with Gasteiger partial charge in [-0.3, -0.25) is 9.88 Å². The van der Waals surface area contributed by atoms with Crippen LogP contribution in [-0.4, -0.2) is 32.0 Å². The van der Waals surface area contributed by atoms with Crippen LogP contribution in [0.5, 0.6) is 5.75 Å². The first kappa shape index (κ1) is 19.2. The van der Waals surface area contributed by atoms with Crippen LogP contribution in [0.25, 0.3) is 11.1 Å². The van der Waals surface area contributed by atoms with E-state index in [0.29, 0.717) is 6.04 Å². The van der Waals surface area contributed by atoms with Gasteiger partial charge in [0.05, 0.1) is 11.7 Å². The maximum absolute atomic E-state index is 6.04. The molecule has 2 aliphatic rings. The van der Waals surface area contributed by atoms with Gasteiger partial charge in [0, 0.05) is 36.6 Å². The monoisotopic (exact) mass is 400 g/mol. The minimum Gasteiger partial charge on any atom is -0.487 e. The first-order valence-corrected chi connectivity index (χ1v) is 10.8. The Labute approximate surface area is 178 Å². The summed E-state index contributed by atoms with van der Waals surface area (Å²) in [6.07, 6.45) is 8.62. The highest BCUT2D eigenvalue weighted by Crippen LogP contribution is 2.37. The van der Waals surface area contributed by atoms with E-state index in [1.54, 1.807) is 6.33 Å². The summed E-state index contributed by atoms with van der Waals surface area (Å²) in [5, 5.41) is 0. The van der Waals surface area contributed by atoms with E-state index >= 15 is 0 Å². The van der Waals surface area contributed by atoms with Crippen LogP contribution in [0.15, 0.2) is 49.1 Å². The van der Waals surface area contributed by atoms with Crippen molar-refractivity contribution in [3.8, 4) is 16.9 Å². The van der Waals surface area contributed by atoms with E-state index in [2.05, 4.69) is 66.0 Å². The van der Waals surface area contributed by atoms with Gasteiger partial charge in [-0.2, -0.15) is 0 Å². The Morgan fingerprint density at radius 1 is 1.10 bits per heavy atom. The number of aryl methyl sites for hydroxylation is 1. The molecule has 0 unspecified atom stereocenters. The molecule has 154 valence electrons. The van der Waals surface area contributed by atoms with Crippen molar-refractivity contribution in [2.45, 2.75) is 58.2 Å².